The molecule has 0 fully saturated rings. The van der Waals surface area contributed by atoms with Crippen molar-refractivity contribution in [2.75, 3.05) is 7.11 Å². The van der Waals surface area contributed by atoms with Gasteiger partial charge in [-0.25, -0.2) is 9.78 Å². The molecule has 1 aromatic heterocycles. The van der Waals surface area contributed by atoms with Gasteiger partial charge in [-0.15, -0.1) is 5.10 Å². The molecule has 0 saturated heterocycles. The van der Waals surface area contributed by atoms with Gasteiger partial charge in [0.2, 0.25) is 5.16 Å². The molecular weight excluding hydrogens is 262 g/mol. The number of thioether (sulfide) groups is 1. The molecule has 2 aromatic rings. The van der Waals surface area contributed by atoms with Gasteiger partial charge in [-0.2, -0.15) is 5.10 Å². The molecule has 1 heterocycles. The van der Waals surface area contributed by atoms with Crippen LogP contribution in [0.3, 0.4) is 0 Å². The van der Waals surface area contributed by atoms with Gasteiger partial charge in [-0.3, -0.25) is 0 Å². The van der Waals surface area contributed by atoms with Crippen LogP contribution < -0.4 is 0 Å². The predicted molar refractivity (Wildman–Crippen MR) is 72.3 cm³/mol. The molecule has 0 aliphatic carbocycles. The lowest BCUT2D eigenvalue weighted by molar-refractivity contribution is -0.134. The Labute approximate surface area is 114 Å². The Balaban J connectivity index is 2.12. The second kappa shape index (κ2) is 6.65. The third-order valence-corrected chi connectivity index (χ3v) is 2.84. The smallest absolute Gasteiger partial charge is 0.330 e. The van der Waals surface area contributed by atoms with E-state index < -0.39 is 5.97 Å². The minimum Gasteiger partial charge on any atom is -0.466 e. The summed E-state index contributed by atoms with van der Waals surface area (Å²) in [6.07, 6.45) is 2.91. The normalized spacial score (nSPS) is 10.6. The van der Waals surface area contributed by atoms with Crippen LogP contribution in [0.2, 0.25) is 0 Å². The Morgan fingerprint density at radius 2 is 2.11 bits per heavy atom. The largest absolute Gasteiger partial charge is 0.466 e. The van der Waals surface area contributed by atoms with Crippen molar-refractivity contribution in [2.24, 2.45) is 0 Å². The summed E-state index contributed by atoms with van der Waals surface area (Å²) >= 11 is 1.21. The first kappa shape index (κ1) is 13.2. The van der Waals surface area contributed by atoms with Crippen LogP contribution in [0.4, 0.5) is 0 Å². The van der Waals surface area contributed by atoms with Crippen molar-refractivity contribution in [2.45, 2.75) is 5.16 Å². The Morgan fingerprint density at radius 1 is 1.32 bits per heavy atom. The lowest BCUT2D eigenvalue weighted by Gasteiger charge is -2.00. The fourth-order valence-electron chi connectivity index (χ4n) is 1.30. The molecule has 0 atom stereocenters. The summed E-state index contributed by atoms with van der Waals surface area (Å²) < 4.78 is 4.49. The molecule has 0 spiro atoms. The number of esters is 1. The summed E-state index contributed by atoms with van der Waals surface area (Å²) in [5.41, 5.74) is 1.71. The second-order valence-corrected chi connectivity index (χ2v) is 4.31. The molecule has 0 aliphatic rings. The quantitative estimate of drug-likeness (QED) is 0.484. The Kier molecular flexibility index (Phi) is 4.63. The van der Waals surface area contributed by atoms with Crippen molar-refractivity contribution >= 4 is 17.7 Å². The highest BCUT2D eigenvalue weighted by atomic mass is 32.2. The van der Waals surface area contributed by atoms with E-state index in [1.54, 1.807) is 11.6 Å². The van der Waals surface area contributed by atoms with E-state index in [4.69, 9.17) is 0 Å². The average Bonchev–Trinajstić information content (AvgIpc) is 2.48. The predicted octanol–water partition coefficient (Wildman–Crippen LogP) is 2.32. The zero-order valence-corrected chi connectivity index (χ0v) is 11.0. The molecule has 0 radical (unpaired) electrons. The Bertz CT molecular complexity index is 587. The molecule has 0 aliphatic heterocycles. The minimum absolute atomic E-state index is 0.417. The number of nitrogens with zero attached hydrogens (tertiary/aromatic N) is 3. The summed E-state index contributed by atoms with van der Waals surface area (Å²) in [5, 5.41) is 9.82. The SMILES string of the molecule is COC(=O)/C=C\Sc1nncc(-c2ccccc2)n1. The van der Waals surface area contributed by atoms with E-state index in [9.17, 15) is 4.79 Å². The lowest BCUT2D eigenvalue weighted by atomic mass is 10.2. The molecule has 1 aromatic carbocycles. The van der Waals surface area contributed by atoms with Gasteiger partial charge in [0.05, 0.1) is 19.0 Å². The van der Waals surface area contributed by atoms with Crippen LogP contribution in [0.25, 0.3) is 11.3 Å². The molecule has 0 N–H and O–H groups in total. The number of ether oxygens (including phenoxy) is 1. The van der Waals surface area contributed by atoms with Crippen LogP contribution in [-0.4, -0.2) is 28.3 Å². The number of methoxy groups -OCH3 is 1. The van der Waals surface area contributed by atoms with E-state index in [-0.39, 0.29) is 0 Å². The Morgan fingerprint density at radius 3 is 2.84 bits per heavy atom. The zero-order valence-electron chi connectivity index (χ0n) is 10.2. The van der Waals surface area contributed by atoms with Crippen LogP contribution in [0, 0.1) is 0 Å². The fraction of sp³-hybridized carbons (Fsp3) is 0.0769. The summed E-state index contributed by atoms with van der Waals surface area (Å²) in [5.74, 6) is -0.417. The number of carbonyl (C=O) groups excluding carboxylic acids is 1. The number of rotatable bonds is 4. The lowest BCUT2D eigenvalue weighted by Crippen LogP contribution is -1.94. The highest BCUT2D eigenvalue weighted by Crippen LogP contribution is 2.19. The summed E-state index contributed by atoms with van der Waals surface area (Å²) in [6, 6.07) is 9.70. The highest BCUT2D eigenvalue weighted by Gasteiger charge is 2.02. The van der Waals surface area contributed by atoms with Crippen LogP contribution in [0.1, 0.15) is 0 Å². The molecule has 0 saturated carbocycles. The van der Waals surface area contributed by atoms with E-state index in [0.29, 0.717) is 5.16 Å². The van der Waals surface area contributed by atoms with Gasteiger partial charge in [0, 0.05) is 11.6 Å². The summed E-state index contributed by atoms with van der Waals surface area (Å²) in [4.78, 5) is 15.3. The first-order valence-corrected chi connectivity index (χ1v) is 6.34. The molecule has 2 rings (SSSR count). The minimum atomic E-state index is -0.417. The van der Waals surface area contributed by atoms with E-state index in [1.165, 1.54) is 24.9 Å². The van der Waals surface area contributed by atoms with E-state index in [0.717, 1.165) is 11.3 Å². The number of hydrogen-bond donors (Lipinski definition) is 0. The van der Waals surface area contributed by atoms with E-state index >= 15 is 0 Å². The first-order valence-electron chi connectivity index (χ1n) is 5.46. The molecule has 0 unspecified atom stereocenters. The van der Waals surface area contributed by atoms with E-state index in [1.807, 2.05) is 30.3 Å². The van der Waals surface area contributed by atoms with Gasteiger partial charge in [0.1, 0.15) is 0 Å². The molecule has 0 bridgehead atoms. The molecule has 5 nitrogen and oxygen atoms in total. The van der Waals surface area contributed by atoms with Gasteiger partial charge >= 0.3 is 5.97 Å². The van der Waals surface area contributed by atoms with Crippen molar-refractivity contribution in [1.29, 1.82) is 0 Å². The van der Waals surface area contributed by atoms with Crippen molar-refractivity contribution in [1.82, 2.24) is 15.2 Å². The second-order valence-electron chi connectivity index (χ2n) is 3.43. The van der Waals surface area contributed by atoms with Gasteiger partial charge in [0.25, 0.3) is 0 Å². The maximum Gasteiger partial charge on any atom is 0.330 e. The fourth-order valence-corrected chi connectivity index (χ4v) is 1.85. The third-order valence-electron chi connectivity index (χ3n) is 2.19. The number of aromatic nitrogens is 3. The Hall–Kier alpha value is -2.21. The number of carbonyl (C=O) groups is 1. The standard InChI is InChI=1S/C13H11N3O2S/c1-18-12(17)7-8-19-13-15-11(9-14-16-13)10-5-3-2-4-6-10/h2-9H,1H3/b8-7-. The average molecular weight is 273 g/mol. The molecule has 0 amide bonds. The van der Waals surface area contributed by atoms with Crippen LogP contribution in [0.15, 0.2) is 53.2 Å². The van der Waals surface area contributed by atoms with Crippen molar-refractivity contribution in [3.05, 3.63) is 48.0 Å². The van der Waals surface area contributed by atoms with Crippen molar-refractivity contribution < 1.29 is 9.53 Å². The van der Waals surface area contributed by atoms with Gasteiger partial charge in [-0.1, -0.05) is 42.1 Å². The third kappa shape index (κ3) is 3.89. The van der Waals surface area contributed by atoms with Crippen LogP contribution in [0.5, 0.6) is 0 Å². The van der Waals surface area contributed by atoms with Crippen molar-refractivity contribution in [3.8, 4) is 11.3 Å². The topological polar surface area (TPSA) is 65.0 Å². The molecule has 96 valence electrons. The van der Waals surface area contributed by atoms with Crippen LogP contribution in [-0.2, 0) is 9.53 Å². The molecule has 6 heteroatoms. The van der Waals surface area contributed by atoms with Gasteiger partial charge in [-0.05, 0) is 5.41 Å². The van der Waals surface area contributed by atoms with Crippen LogP contribution >= 0.6 is 11.8 Å². The number of hydrogen-bond acceptors (Lipinski definition) is 6. The summed E-state index contributed by atoms with van der Waals surface area (Å²) in [7, 11) is 1.32. The van der Waals surface area contributed by atoms with E-state index in [2.05, 4.69) is 19.9 Å². The molecular formula is C13H11N3O2S. The zero-order chi connectivity index (χ0) is 13.5. The van der Waals surface area contributed by atoms with Gasteiger partial charge in [0.15, 0.2) is 0 Å². The maximum absolute atomic E-state index is 10.9. The maximum atomic E-state index is 10.9. The summed E-state index contributed by atoms with van der Waals surface area (Å²) in [6.45, 7) is 0. The van der Waals surface area contributed by atoms with Gasteiger partial charge < -0.3 is 4.74 Å². The highest BCUT2D eigenvalue weighted by molar-refractivity contribution is 8.02. The van der Waals surface area contributed by atoms with Crippen molar-refractivity contribution in [3.63, 3.8) is 0 Å². The number of benzene rings is 1. The monoisotopic (exact) mass is 273 g/mol. The molecule has 19 heavy (non-hydrogen) atoms. The first-order chi connectivity index (χ1) is 9.29.